The van der Waals surface area contributed by atoms with Gasteiger partial charge in [0.05, 0.1) is 91.9 Å². The molecule has 0 spiro atoms. The van der Waals surface area contributed by atoms with Crippen molar-refractivity contribution in [1.29, 1.82) is 0 Å². The van der Waals surface area contributed by atoms with Crippen molar-refractivity contribution in [2.75, 3.05) is 119 Å². The summed E-state index contributed by atoms with van der Waals surface area (Å²) in [6.45, 7) is 10.4. The van der Waals surface area contributed by atoms with Crippen LogP contribution in [-0.4, -0.2) is 188 Å². The van der Waals surface area contributed by atoms with Gasteiger partial charge in [-0.25, -0.2) is 0 Å². The van der Waals surface area contributed by atoms with E-state index in [9.17, 15) is 29.1 Å². The minimum atomic E-state index is -1.27. The number of methoxy groups -OCH3 is 1. The second-order valence-electron chi connectivity index (χ2n) is 17.9. The predicted molar refractivity (Wildman–Crippen MR) is 267 cm³/mol. The van der Waals surface area contributed by atoms with Gasteiger partial charge in [0.2, 0.25) is 23.6 Å². The molecule has 0 aliphatic carbocycles. The molecule has 1 aliphatic rings. The molecule has 4 atom stereocenters. The number of nitrogens with zero attached hydrogens (tertiary/aromatic N) is 1. The molecular formula is C51H83N7O13. The Morgan fingerprint density at radius 1 is 0.620 bits per heavy atom. The van der Waals surface area contributed by atoms with Crippen LogP contribution in [0.15, 0.2) is 60.7 Å². The molecule has 3 rings (SSSR count). The van der Waals surface area contributed by atoms with Gasteiger partial charge in [-0.15, -0.1) is 0 Å². The monoisotopic (exact) mass is 1000 g/mol. The van der Waals surface area contributed by atoms with Crippen molar-refractivity contribution in [2.45, 2.75) is 94.9 Å². The summed E-state index contributed by atoms with van der Waals surface area (Å²) in [6, 6.07) is 14.6. The summed E-state index contributed by atoms with van der Waals surface area (Å²) in [5.41, 5.74) is 12.5. The summed E-state index contributed by atoms with van der Waals surface area (Å²) in [7, 11) is 1.63. The lowest BCUT2D eigenvalue weighted by Crippen LogP contribution is -2.62. The van der Waals surface area contributed by atoms with Crippen LogP contribution in [0.25, 0.3) is 0 Å². The van der Waals surface area contributed by atoms with E-state index >= 15 is 0 Å². The van der Waals surface area contributed by atoms with Crippen molar-refractivity contribution in [1.82, 2.24) is 26.2 Å². The van der Waals surface area contributed by atoms with E-state index in [1.807, 2.05) is 74.5 Å². The second-order valence-corrected chi connectivity index (χ2v) is 17.9. The van der Waals surface area contributed by atoms with Gasteiger partial charge < -0.3 is 70.6 Å². The fourth-order valence-electron chi connectivity index (χ4n) is 7.80. The molecule has 400 valence electrons. The van der Waals surface area contributed by atoms with E-state index in [0.29, 0.717) is 105 Å². The van der Waals surface area contributed by atoms with E-state index in [-0.39, 0.29) is 70.2 Å². The molecule has 4 unspecified atom stereocenters. The summed E-state index contributed by atoms with van der Waals surface area (Å²) >= 11 is 0. The first-order valence-electron chi connectivity index (χ1n) is 25.1. The lowest BCUT2D eigenvalue weighted by molar-refractivity contribution is -0.150. The third kappa shape index (κ3) is 25.1. The van der Waals surface area contributed by atoms with Crippen molar-refractivity contribution in [3.05, 3.63) is 71.8 Å². The molecule has 0 saturated carbocycles. The van der Waals surface area contributed by atoms with Crippen LogP contribution in [-0.2, 0) is 70.0 Å². The first-order chi connectivity index (χ1) is 34.4. The Bertz CT molecular complexity index is 1770. The molecule has 2 aromatic rings. The number of ether oxygens (including phenoxy) is 7. The maximum Gasteiger partial charge on any atom is 0.324 e. The zero-order valence-corrected chi connectivity index (χ0v) is 42.3. The van der Waals surface area contributed by atoms with Gasteiger partial charge in [-0.1, -0.05) is 74.5 Å². The van der Waals surface area contributed by atoms with Gasteiger partial charge >= 0.3 is 5.97 Å². The van der Waals surface area contributed by atoms with Crippen molar-refractivity contribution >= 4 is 29.6 Å². The van der Waals surface area contributed by atoms with E-state index in [1.54, 1.807) is 12.0 Å². The van der Waals surface area contributed by atoms with Crippen LogP contribution in [0.2, 0.25) is 0 Å². The molecule has 1 saturated heterocycles. The third-order valence-corrected chi connectivity index (χ3v) is 11.8. The number of carbonyl (C=O) groups is 5. The van der Waals surface area contributed by atoms with Gasteiger partial charge in [0.25, 0.3) is 0 Å². The lowest BCUT2D eigenvalue weighted by Gasteiger charge is -2.40. The number of carbonyl (C=O) groups excluding carboxylic acids is 4. The van der Waals surface area contributed by atoms with Crippen LogP contribution in [0, 0.1) is 5.92 Å². The number of piperidine rings is 1. The Kier molecular flexibility index (Phi) is 31.1. The fraction of sp³-hybridized carbons (Fsp3) is 0.667. The number of carboxylic acids is 1. The van der Waals surface area contributed by atoms with Gasteiger partial charge in [-0.2, -0.15) is 0 Å². The molecule has 20 heteroatoms. The van der Waals surface area contributed by atoms with E-state index in [2.05, 4.69) is 21.3 Å². The molecule has 0 radical (unpaired) electrons. The SMILES string of the molecule is COCCOCCOCCOCCOCCOCCOCCNC1(C(=O)O)CCN(C(=O)C(CCCCN)NC(=O)C(CC(C)C)NC(=O)C(Cc2ccccc2)NC(=O)C(N)Cc2ccccc2)CC1. The second kappa shape index (κ2) is 36.3. The summed E-state index contributed by atoms with van der Waals surface area (Å²) in [4.78, 5) is 70.0. The van der Waals surface area contributed by atoms with Crippen LogP contribution in [0.1, 0.15) is 63.5 Å². The quantitative estimate of drug-likeness (QED) is 0.0463. The number of likely N-dealkylation sites (tertiary alicyclic amines) is 1. The van der Waals surface area contributed by atoms with Crippen LogP contribution in [0.4, 0.5) is 0 Å². The van der Waals surface area contributed by atoms with Crippen LogP contribution < -0.4 is 32.7 Å². The lowest BCUT2D eigenvalue weighted by atomic mass is 9.87. The molecule has 1 heterocycles. The Morgan fingerprint density at radius 3 is 1.55 bits per heavy atom. The number of hydrogen-bond donors (Lipinski definition) is 7. The Morgan fingerprint density at radius 2 is 1.07 bits per heavy atom. The first kappa shape index (κ1) is 60.7. The summed E-state index contributed by atoms with van der Waals surface area (Å²) in [6.07, 6.45) is 2.42. The minimum absolute atomic E-state index is 0.0287. The maximum atomic E-state index is 14.2. The number of nitrogens with two attached hydrogens (primary N) is 2. The van der Waals surface area contributed by atoms with Gasteiger partial charge in [0, 0.05) is 33.2 Å². The molecule has 1 aliphatic heterocycles. The summed E-state index contributed by atoms with van der Waals surface area (Å²) in [5.74, 6) is -3.01. The zero-order chi connectivity index (χ0) is 51.5. The van der Waals surface area contributed by atoms with Gasteiger partial charge in [0.15, 0.2) is 0 Å². The van der Waals surface area contributed by atoms with Crippen molar-refractivity contribution in [2.24, 2.45) is 17.4 Å². The highest BCUT2D eigenvalue weighted by molar-refractivity contribution is 5.95. The Labute approximate surface area is 420 Å². The van der Waals surface area contributed by atoms with Gasteiger partial charge in [0.1, 0.15) is 23.7 Å². The predicted octanol–water partition coefficient (Wildman–Crippen LogP) is 1.21. The standard InChI is InChI=1S/C51H83N7O13/c1-39(2)36-44(57-48(61)45(38-41-14-8-5-9-15-41)56-46(59)42(53)37-40-12-6-4-7-13-40)47(60)55-43(16-10-11-19-52)49(62)58-21-17-51(18-22-58,50(63)64)54-20-23-66-26-27-68-30-31-70-34-35-71-33-32-69-29-28-67-25-24-65-3/h4-9,12-15,39,42-45,54H,10-11,16-38,52-53H2,1-3H3,(H,55,60)(H,56,59)(H,57,61)(H,63,64). The highest BCUT2D eigenvalue weighted by Gasteiger charge is 2.43. The van der Waals surface area contributed by atoms with E-state index in [0.717, 1.165) is 11.1 Å². The van der Waals surface area contributed by atoms with Crippen molar-refractivity contribution < 1.29 is 62.2 Å². The number of amides is 4. The largest absolute Gasteiger partial charge is 0.480 e. The number of aliphatic carboxylic acids is 1. The minimum Gasteiger partial charge on any atom is -0.480 e. The third-order valence-electron chi connectivity index (χ3n) is 11.8. The topological polar surface area (TPSA) is 274 Å². The van der Waals surface area contributed by atoms with Crippen LogP contribution >= 0.6 is 0 Å². The average molecular weight is 1000 g/mol. The normalized spacial score (nSPS) is 15.2. The highest BCUT2D eigenvalue weighted by Crippen LogP contribution is 2.24. The van der Waals surface area contributed by atoms with E-state index < -0.39 is 53.4 Å². The molecule has 71 heavy (non-hydrogen) atoms. The van der Waals surface area contributed by atoms with E-state index in [4.69, 9.17) is 44.6 Å². The number of carboxylic acid groups (broad SMARTS) is 1. The van der Waals surface area contributed by atoms with Gasteiger partial charge in [-0.3, -0.25) is 29.3 Å². The van der Waals surface area contributed by atoms with Crippen molar-refractivity contribution in [3.8, 4) is 0 Å². The first-order valence-corrected chi connectivity index (χ1v) is 25.1. The number of hydrogen-bond acceptors (Lipinski definition) is 15. The number of benzene rings is 2. The fourth-order valence-corrected chi connectivity index (χ4v) is 7.80. The average Bonchev–Trinajstić information content (AvgIpc) is 3.36. The molecule has 1 fully saturated rings. The maximum absolute atomic E-state index is 14.2. The van der Waals surface area contributed by atoms with E-state index in [1.165, 1.54) is 0 Å². The summed E-state index contributed by atoms with van der Waals surface area (Å²) < 4.78 is 37.9. The molecule has 20 nitrogen and oxygen atoms in total. The molecule has 0 aromatic heterocycles. The molecule has 0 bridgehead atoms. The van der Waals surface area contributed by atoms with Gasteiger partial charge in [-0.05, 0) is 68.5 Å². The highest BCUT2D eigenvalue weighted by atomic mass is 16.6. The number of unbranched alkanes of at least 4 members (excludes halogenated alkanes) is 1. The number of nitrogens with one attached hydrogen (secondary N) is 4. The number of rotatable bonds is 40. The Hall–Kier alpha value is -4.61. The molecule has 4 amide bonds. The molecular weight excluding hydrogens is 919 g/mol. The summed E-state index contributed by atoms with van der Waals surface area (Å²) in [5, 5.41) is 22.1. The zero-order valence-electron chi connectivity index (χ0n) is 42.3. The Balaban J connectivity index is 1.47. The molecule has 9 N–H and O–H groups in total. The smallest absolute Gasteiger partial charge is 0.324 e. The molecule has 2 aromatic carbocycles. The van der Waals surface area contributed by atoms with Crippen LogP contribution in [0.3, 0.4) is 0 Å². The van der Waals surface area contributed by atoms with Crippen molar-refractivity contribution in [3.63, 3.8) is 0 Å². The van der Waals surface area contributed by atoms with Crippen LogP contribution in [0.5, 0.6) is 0 Å².